The minimum atomic E-state index is -4.55. The first-order valence-electron chi connectivity index (χ1n) is 19.0. The summed E-state index contributed by atoms with van der Waals surface area (Å²) in [5.74, 6) is -1.53. The van der Waals surface area contributed by atoms with Crippen molar-refractivity contribution in [3.63, 3.8) is 0 Å². The van der Waals surface area contributed by atoms with Gasteiger partial charge in [0.15, 0.2) is 0 Å². The summed E-state index contributed by atoms with van der Waals surface area (Å²) in [4.78, 5) is 36.1. The van der Waals surface area contributed by atoms with Gasteiger partial charge in [0, 0.05) is 5.92 Å². The number of carbonyl (C=O) groups excluding carboxylic acids is 3. The molecule has 0 saturated carbocycles. The molecule has 4 atom stereocenters. The summed E-state index contributed by atoms with van der Waals surface area (Å²) >= 11 is 7.47. The average molecular weight is 1030 g/mol. The Labute approximate surface area is 455 Å². The predicted molar refractivity (Wildman–Crippen MR) is 226 cm³/mol. The van der Waals surface area contributed by atoms with Gasteiger partial charge in [-0.25, -0.2) is 14.4 Å². The molecule has 0 fully saturated rings. The van der Waals surface area contributed by atoms with Gasteiger partial charge in [0.05, 0.1) is 14.7 Å². The second-order valence-corrected chi connectivity index (χ2v) is 18.9. The summed E-state index contributed by atoms with van der Waals surface area (Å²) < 4.78 is 129. The van der Waals surface area contributed by atoms with Crippen molar-refractivity contribution in [3.8, 4) is 17.2 Å². The van der Waals surface area contributed by atoms with E-state index in [4.69, 9.17) is 40.0 Å². The SMILES string of the molecule is CCCCCCCCCCC(C(C)OC(=O)Oc1ccc(S(=O)(=O)O)cc1)C(Cl)(C(C)OC(=O)Oc1ccc(S(=O)(=O)O)cc1)C(C)OC(=O)Oc1ccc(S(=O)(=O)O)cc1.N.[H-].[H-].[H-].[Na+].[Na+].[Na+]. The maximum atomic E-state index is 13.2. The first-order chi connectivity index (χ1) is 28.4. The van der Waals surface area contributed by atoms with Gasteiger partial charge in [-0.15, -0.1) is 11.6 Å². The number of carbonyl (C=O) groups is 3. The fourth-order valence-corrected chi connectivity index (χ4v) is 8.17. The van der Waals surface area contributed by atoms with Crippen LogP contribution in [0.15, 0.2) is 87.5 Å². The van der Waals surface area contributed by atoms with Crippen molar-refractivity contribution in [1.82, 2.24) is 6.15 Å². The standard InChI is InChI=1S/C39H49ClO18S3.H3N.3Na.3H/c1-5-6-7-8-9-10-11-12-13-35(26(2)53-36(41)56-29-14-20-32(21-15-29)59(44,45)46)39(40,27(3)54-37(42)57-30-16-22-33(23-17-30)60(47,48)49)28(4)55-38(43)58-31-18-24-34(25-19-31)61(50,51)52;;;;;;;/h14-28,35H,5-13H2,1-4H3,(H,44,45,46)(H,47,48,49)(H,50,51,52);1H3;;;;;;/q;;3*+1;3*-1. The molecule has 4 unspecified atom stereocenters. The third kappa shape index (κ3) is 21.7. The molecule has 0 aliphatic rings. The molecule has 352 valence electrons. The van der Waals surface area contributed by atoms with E-state index >= 15 is 0 Å². The van der Waals surface area contributed by atoms with Gasteiger partial charge >= 0.3 is 107 Å². The number of unbranched alkanes of at least 4 members (excludes halogenated alkanes) is 7. The Balaban J connectivity index is -0.00000189. The van der Waals surface area contributed by atoms with Crippen LogP contribution in [0.3, 0.4) is 0 Å². The topological polar surface area (TPSA) is 305 Å². The van der Waals surface area contributed by atoms with Gasteiger partial charge in [-0.3, -0.25) is 13.7 Å². The van der Waals surface area contributed by atoms with Crippen LogP contribution in [0.4, 0.5) is 14.4 Å². The van der Waals surface area contributed by atoms with Crippen LogP contribution in [0.25, 0.3) is 0 Å². The number of rotatable bonds is 22. The Hall–Kier alpha value is -1.55. The van der Waals surface area contributed by atoms with Crippen LogP contribution < -0.4 is 109 Å². The zero-order valence-corrected chi connectivity index (χ0v) is 46.6. The van der Waals surface area contributed by atoms with Crippen molar-refractivity contribution in [2.24, 2.45) is 5.92 Å². The molecule has 0 spiro atoms. The molecule has 0 aromatic heterocycles. The number of ether oxygens (including phenoxy) is 6. The third-order valence-corrected chi connectivity index (χ3v) is 13.0. The summed E-state index contributed by atoms with van der Waals surface area (Å²) in [7, 11) is -13.6. The van der Waals surface area contributed by atoms with E-state index in [2.05, 4.69) is 6.92 Å². The summed E-state index contributed by atoms with van der Waals surface area (Å²) in [6.45, 7) is 6.30. The molecule has 0 bridgehead atoms. The normalized spacial score (nSPS) is 14.0. The summed E-state index contributed by atoms with van der Waals surface area (Å²) in [5, 5.41) is 0. The smallest absolute Gasteiger partial charge is 1.00 e. The Kier molecular flexibility index (Phi) is 30.4. The third-order valence-electron chi connectivity index (χ3n) is 9.55. The van der Waals surface area contributed by atoms with Gasteiger partial charge in [0.1, 0.15) is 40.4 Å². The quantitative estimate of drug-likeness (QED) is 0.0198. The second-order valence-electron chi connectivity index (χ2n) is 13.9. The van der Waals surface area contributed by atoms with Crippen LogP contribution in [0.5, 0.6) is 17.2 Å². The largest absolute Gasteiger partial charge is 1.00 e. The zero-order chi connectivity index (χ0) is 45.6. The predicted octanol–water partition coefficient (Wildman–Crippen LogP) is 0.175. The fourth-order valence-electron chi connectivity index (χ4n) is 6.35. The van der Waals surface area contributed by atoms with Gasteiger partial charge in [-0.2, -0.15) is 25.3 Å². The number of halogens is 1. The van der Waals surface area contributed by atoms with Crippen LogP contribution in [0.1, 0.15) is 89.8 Å². The Morgan fingerprint density at radius 2 is 0.815 bits per heavy atom. The number of benzene rings is 3. The van der Waals surface area contributed by atoms with Gasteiger partial charge in [-0.05, 0) is 100.0 Å². The Bertz CT molecular complexity index is 2190. The summed E-state index contributed by atoms with van der Waals surface area (Å²) in [5.41, 5.74) is 0. The van der Waals surface area contributed by atoms with Crippen LogP contribution in [0.2, 0.25) is 0 Å². The maximum Gasteiger partial charge on any atom is 1.00 e. The van der Waals surface area contributed by atoms with Crippen LogP contribution >= 0.6 is 11.6 Å². The van der Waals surface area contributed by atoms with Crippen molar-refractivity contribution >= 4 is 60.4 Å². The van der Waals surface area contributed by atoms with E-state index < -0.39 is 92.6 Å². The minimum absolute atomic E-state index is 0. The molecule has 0 radical (unpaired) electrons. The zero-order valence-electron chi connectivity index (χ0n) is 40.4. The van der Waals surface area contributed by atoms with Gasteiger partial charge in [-0.1, -0.05) is 58.3 Å². The van der Waals surface area contributed by atoms with E-state index in [1.165, 1.54) is 20.8 Å². The first kappa shape index (κ1) is 65.5. The molecule has 3 aromatic rings. The molecule has 19 nitrogen and oxygen atoms in total. The van der Waals surface area contributed by atoms with E-state index in [1.807, 2.05) is 0 Å². The average Bonchev–Trinajstić information content (AvgIpc) is 3.16. The molecule has 0 saturated heterocycles. The minimum Gasteiger partial charge on any atom is -1.00 e. The molecule has 3 rings (SSSR count). The van der Waals surface area contributed by atoms with Crippen molar-refractivity contribution in [2.75, 3.05) is 0 Å². The molecular formula is C39H55ClNNa3O18S3. The van der Waals surface area contributed by atoms with Crippen LogP contribution in [-0.2, 0) is 44.6 Å². The number of hydrogen-bond donors (Lipinski definition) is 4. The van der Waals surface area contributed by atoms with Crippen LogP contribution in [-0.4, -0.2) is 80.6 Å². The molecule has 26 heteroatoms. The molecule has 0 aliphatic heterocycles. The monoisotopic (exact) mass is 1030 g/mol. The molecule has 6 N–H and O–H groups in total. The maximum absolute atomic E-state index is 13.2. The van der Waals surface area contributed by atoms with Crippen molar-refractivity contribution in [2.45, 2.75) is 123 Å². The van der Waals surface area contributed by atoms with Gasteiger partial charge in [0.25, 0.3) is 30.4 Å². The van der Waals surface area contributed by atoms with E-state index in [0.717, 1.165) is 111 Å². The molecule has 65 heavy (non-hydrogen) atoms. The molecule has 0 amide bonds. The summed E-state index contributed by atoms with van der Waals surface area (Å²) in [6, 6.07) is 12.4. The van der Waals surface area contributed by atoms with E-state index in [0.29, 0.717) is 12.8 Å². The van der Waals surface area contributed by atoms with Crippen molar-refractivity contribution in [1.29, 1.82) is 0 Å². The Morgan fingerprint density at radius 3 is 1.11 bits per heavy atom. The molecule has 0 aliphatic carbocycles. The molecular weight excluding hydrogens is 971 g/mol. The van der Waals surface area contributed by atoms with E-state index in [9.17, 15) is 53.3 Å². The van der Waals surface area contributed by atoms with E-state index in [-0.39, 0.29) is 123 Å². The van der Waals surface area contributed by atoms with Crippen molar-refractivity contribution < 1.29 is 175 Å². The number of alkyl halides is 1. The summed E-state index contributed by atoms with van der Waals surface area (Å²) in [6.07, 6.45) is -0.471. The Morgan fingerprint density at radius 1 is 0.538 bits per heavy atom. The van der Waals surface area contributed by atoms with E-state index in [1.54, 1.807) is 0 Å². The first-order valence-corrected chi connectivity index (χ1v) is 23.7. The van der Waals surface area contributed by atoms with Gasteiger partial charge in [0.2, 0.25) is 0 Å². The molecule has 0 heterocycles. The second kappa shape index (κ2) is 30.1. The number of hydrogen-bond acceptors (Lipinski definition) is 16. The van der Waals surface area contributed by atoms with Crippen LogP contribution in [0, 0.1) is 5.92 Å². The van der Waals surface area contributed by atoms with Gasteiger partial charge < -0.3 is 38.9 Å². The molecule has 3 aromatic carbocycles. The van der Waals surface area contributed by atoms with Crippen molar-refractivity contribution in [3.05, 3.63) is 72.8 Å². The fraction of sp³-hybridized carbons (Fsp3) is 0.462.